The Kier molecular flexibility index (Phi) is 12.9. The number of nitrogens with zero attached hydrogens (tertiary/aromatic N) is 1. The van der Waals surface area contributed by atoms with E-state index in [0.717, 1.165) is 44.1 Å². The molecule has 126 valence electrons. The van der Waals surface area contributed by atoms with E-state index in [-0.39, 0.29) is 0 Å². The monoisotopic (exact) mass is 365 g/mol. The van der Waals surface area contributed by atoms with Crippen molar-refractivity contribution in [1.82, 2.24) is 4.90 Å². The van der Waals surface area contributed by atoms with Gasteiger partial charge in [0.25, 0.3) is 0 Å². The number of hydrogen-bond donors (Lipinski definition) is 0. The summed E-state index contributed by atoms with van der Waals surface area (Å²) < 4.78 is 16.6. The molecule has 0 amide bonds. The molecule has 5 heteroatoms. The highest BCUT2D eigenvalue weighted by atomic mass is 79.9. The molecular formula is C16H32BrNO3. The van der Waals surface area contributed by atoms with Gasteiger partial charge in [0.15, 0.2) is 0 Å². The molecular weight excluding hydrogens is 334 g/mol. The number of rotatable bonds is 15. The zero-order chi connectivity index (χ0) is 15.2. The highest BCUT2D eigenvalue weighted by molar-refractivity contribution is 9.09. The van der Waals surface area contributed by atoms with Crippen LogP contribution in [0.1, 0.15) is 39.0 Å². The van der Waals surface area contributed by atoms with Crippen LogP contribution >= 0.6 is 15.9 Å². The summed E-state index contributed by atoms with van der Waals surface area (Å²) in [5, 5.41) is 1.05. The van der Waals surface area contributed by atoms with Gasteiger partial charge in [-0.25, -0.2) is 0 Å². The van der Waals surface area contributed by atoms with Gasteiger partial charge in [-0.15, -0.1) is 0 Å². The van der Waals surface area contributed by atoms with Crippen molar-refractivity contribution in [1.29, 1.82) is 0 Å². The predicted molar refractivity (Wildman–Crippen MR) is 90.4 cm³/mol. The van der Waals surface area contributed by atoms with Crippen molar-refractivity contribution in [3.63, 3.8) is 0 Å². The Balaban J connectivity index is 1.82. The summed E-state index contributed by atoms with van der Waals surface area (Å²) in [6.07, 6.45) is 6.41. The van der Waals surface area contributed by atoms with E-state index in [1.165, 1.54) is 25.7 Å². The maximum absolute atomic E-state index is 5.65. The van der Waals surface area contributed by atoms with Crippen molar-refractivity contribution in [2.45, 2.75) is 45.1 Å². The van der Waals surface area contributed by atoms with Gasteiger partial charge in [-0.3, -0.25) is 4.90 Å². The molecule has 0 N–H and O–H groups in total. The van der Waals surface area contributed by atoms with Crippen LogP contribution in [0.4, 0.5) is 0 Å². The van der Waals surface area contributed by atoms with Gasteiger partial charge >= 0.3 is 0 Å². The van der Waals surface area contributed by atoms with E-state index in [0.29, 0.717) is 26.4 Å². The zero-order valence-electron chi connectivity index (χ0n) is 13.5. The molecule has 1 rings (SSSR count). The van der Waals surface area contributed by atoms with Crippen LogP contribution in [0, 0.1) is 0 Å². The molecule has 0 atom stereocenters. The third-order valence-corrected chi connectivity index (χ3v) is 4.23. The average molecular weight is 366 g/mol. The molecule has 0 saturated heterocycles. The summed E-state index contributed by atoms with van der Waals surface area (Å²) in [6.45, 7) is 8.70. The fourth-order valence-electron chi connectivity index (χ4n) is 2.31. The van der Waals surface area contributed by atoms with Gasteiger partial charge in [0.2, 0.25) is 0 Å². The Morgan fingerprint density at radius 2 is 1.52 bits per heavy atom. The second kappa shape index (κ2) is 13.9. The van der Waals surface area contributed by atoms with E-state index >= 15 is 0 Å². The number of ether oxygens (including phenoxy) is 3. The molecule has 0 unspecified atom stereocenters. The van der Waals surface area contributed by atoms with Gasteiger partial charge < -0.3 is 14.2 Å². The summed E-state index contributed by atoms with van der Waals surface area (Å²) in [4.78, 5) is 2.54. The molecule has 0 aromatic carbocycles. The summed E-state index contributed by atoms with van der Waals surface area (Å²) in [5.41, 5.74) is 0. The summed E-state index contributed by atoms with van der Waals surface area (Å²) in [7, 11) is 0. The largest absolute Gasteiger partial charge is 0.379 e. The van der Waals surface area contributed by atoms with Crippen LogP contribution in [-0.2, 0) is 14.2 Å². The maximum Gasteiger partial charge on any atom is 0.0701 e. The summed E-state index contributed by atoms with van der Waals surface area (Å²) in [5.74, 6) is 0. The van der Waals surface area contributed by atoms with E-state index in [4.69, 9.17) is 14.2 Å². The predicted octanol–water partition coefficient (Wildman–Crippen LogP) is 3.09. The third kappa shape index (κ3) is 9.84. The van der Waals surface area contributed by atoms with Gasteiger partial charge in [-0.2, -0.15) is 0 Å². The molecule has 1 aliphatic carbocycles. The lowest BCUT2D eigenvalue weighted by atomic mass is 9.91. The zero-order valence-corrected chi connectivity index (χ0v) is 15.1. The van der Waals surface area contributed by atoms with Crippen LogP contribution in [-0.4, -0.2) is 69.0 Å². The fraction of sp³-hybridized carbons (Fsp3) is 1.00. The van der Waals surface area contributed by atoms with Crippen molar-refractivity contribution >= 4 is 15.9 Å². The standard InChI is InChI=1S/C16H32BrNO3/c1-2-3-10-19-12-14-21-15-13-20-11-9-18(8-7-17)16-5-4-6-16/h16H,2-15H2,1H3. The first kappa shape index (κ1) is 19.4. The van der Waals surface area contributed by atoms with Crippen LogP contribution < -0.4 is 0 Å². The molecule has 4 nitrogen and oxygen atoms in total. The lowest BCUT2D eigenvalue weighted by Gasteiger charge is -2.37. The Morgan fingerprint density at radius 1 is 0.905 bits per heavy atom. The second-order valence-corrected chi connectivity index (χ2v) is 6.29. The lowest BCUT2D eigenvalue weighted by Crippen LogP contribution is -2.43. The number of halogens is 1. The smallest absolute Gasteiger partial charge is 0.0701 e. The van der Waals surface area contributed by atoms with Crippen molar-refractivity contribution in [2.75, 3.05) is 58.1 Å². The molecule has 1 aliphatic rings. The minimum atomic E-state index is 0.666. The van der Waals surface area contributed by atoms with Crippen molar-refractivity contribution in [2.24, 2.45) is 0 Å². The second-order valence-electron chi connectivity index (χ2n) is 5.50. The maximum atomic E-state index is 5.65. The Labute approximate surface area is 138 Å². The number of hydrogen-bond acceptors (Lipinski definition) is 4. The van der Waals surface area contributed by atoms with E-state index in [2.05, 4.69) is 27.8 Å². The topological polar surface area (TPSA) is 30.9 Å². The van der Waals surface area contributed by atoms with Crippen LogP contribution in [0.5, 0.6) is 0 Å². The SMILES string of the molecule is CCCCOCCOCCOCCN(CCBr)C1CCC1. The highest BCUT2D eigenvalue weighted by Gasteiger charge is 2.23. The van der Waals surface area contributed by atoms with Gasteiger partial charge in [0.05, 0.1) is 33.0 Å². The van der Waals surface area contributed by atoms with Crippen LogP contribution in [0.15, 0.2) is 0 Å². The Hall–Kier alpha value is 0.320. The van der Waals surface area contributed by atoms with Crippen LogP contribution in [0.2, 0.25) is 0 Å². The van der Waals surface area contributed by atoms with E-state index in [1.54, 1.807) is 0 Å². The Morgan fingerprint density at radius 3 is 2.05 bits per heavy atom. The Bertz CT molecular complexity index is 228. The molecule has 0 spiro atoms. The van der Waals surface area contributed by atoms with Gasteiger partial charge in [0.1, 0.15) is 0 Å². The number of unbranched alkanes of at least 4 members (excludes halogenated alkanes) is 1. The lowest BCUT2D eigenvalue weighted by molar-refractivity contribution is 0.00567. The summed E-state index contributed by atoms with van der Waals surface area (Å²) in [6, 6.07) is 0.794. The van der Waals surface area contributed by atoms with Crippen molar-refractivity contribution in [3.05, 3.63) is 0 Å². The molecule has 0 radical (unpaired) electrons. The van der Waals surface area contributed by atoms with Crippen LogP contribution in [0.25, 0.3) is 0 Å². The molecule has 1 saturated carbocycles. The number of alkyl halides is 1. The highest BCUT2D eigenvalue weighted by Crippen LogP contribution is 2.24. The van der Waals surface area contributed by atoms with E-state index < -0.39 is 0 Å². The average Bonchev–Trinajstić information content (AvgIpc) is 2.43. The molecule has 0 bridgehead atoms. The van der Waals surface area contributed by atoms with Crippen molar-refractivity contribution < 1.29 is 14.2 Å². The molecule has 1 fully saturated rings. The normalized spacial score (nSPS) is 15.6. The van der Waals surface area contributed by atoms with Gasteiger partial charge in [-0.1, -0.05) is 35.7 Å². The van der Waals surface area contributed by atoms with Crippen LogP contribution in [0.3, 0.4) is 0 Å². The molecule has 21 heavy (non-hydrogen) atoms. The fourth-order valence-corrected chi connectivity index (χ4v) is 2.76. The minimum Gasteiger partial charge on any atom is -0.379 e. The molecule has 0 aromatic rings. The summed E-state index contributed by atoms with van der Waals surface area (Å²) >= 11 is 3.53. The quantitative estimate of drug-likeness (QED) is 0.329. The molecule has 0 heterocycles. The van der Waals surface area contributed by atoms with E-state index in [1.807, 2.05) is 0 Å². The molecule has 0 aromatic heterocycles. The van der Waals surface area contributed by atoms with Gasteiger partial charge in [0, 0.05) is 31.1 Å². The first-order valence-electron chi connectivity index (χ1n) is 8.41. The van der Waals surface area contributed by atoms with E-state index in [9.17, 15) is 0 Å². The van der Waals surface area contributed by atoms with Gasteiger partial charge in [-0.05, 0) is 19.3 Å². The van der Waals surface area contributed by atoms with Crippen molar-refractivity contribution in [3.8, 4) is 0 Å². The minimum absolute atomic E-state index is 0.666. The third-order valence-electron chi connectivity index (χ3n) is 3.87. The molecule has 0 aliphatic heterocycles. The first-order chi connectivity index (χ1) is 10.4. The first-order valence-corrected chi connectivity index (χ1v) is 9.54.